The van der Waals surface area contributed by atoms with Crippen LogP contribution in [0.1, 0.15) is 6.92 Å². The summed E-state index contributed by atoms with van der Waals surface area (Å²) in [6, 6.07) is 6.01. The van der Waals surface area contributed by atoms with Gasteiger partial charge in [0.1, 0.15) is 5.75 Å². The molecule has 0 aliphatic carbocycles. The Labute approximate surface area is 180 Å². The number of sulfonamides is 2. The molecule has 0 saturated carbocycles. The fraction of sp³-hybridized carbons (Fsp3) is 0.444. The molecule has 1 saturated heterocycles. The second-order valence-electron chi connectivity index (χ2n) is 6.96. The van der Waals surface area contributed by atoms with Gasteiger partial charge in [0.15, 0.2) is 4.90 Å². The highest BCUT2D eigenvalue weighted by Crippen LogP contribution is 2.22. The maximum Gasteiger partial charge on any atom is 0.330 e. The molecule has 13 heteroatoms. The van der Waals surface area contributed by atoms with Crippen LogP contribution in [0.15, 0.2) is 49.8 Å². The predicted octanol–water partition coefficient (Wildman–Crippen LogP) is -0.822. The standard InChI is InChI=1S/C18H24N4O7S2/c1-4-29-14-5-7-15(8-6-14)30(25,26)21-9-11-22(12-10-21)31(27,28)16-13-19(2)18(24)20(3)17(16)23/h5-8,13H,4,9-12H2,1-3H3. The first kappa shape index (κ1) is 23.2. The summed E-state index contributed by atoms with van der Waals surface area (Å²) in [5.41, 5.74) is -1.57. The Balaban J connectivity index is 1.80. The van der Waals surface area contributed by atoms with Gasteiger partial charge >= 0.3 is 5.69 Å². The van der Waals surface area contributed by atoms with Crippen molar-refractivity contribution in [3.8, 4) is 5.75 Å². The van der Waals surface area contributed by atoms with Crippen molar-refractivity contribution < 1.29 is 21.6 Å². The van der Waals surface area contributed by atoms with Crippen molar-refractivity contribution in [3.05, 3.63) is 51.3 Å². The van der Waals surface area contributed by atoms with Crippen molar-refractivity contribution in [2.45, 2.75) is 16.7 Å². The molecule has 1 fully saturated rings. The Morgan fingerprint density at radius 1 is 0.871 bits per heavy atom. The van der Waals surface area contributed by atoms with Crippen molar-refractivity contribution in [2.24, 2.45) is 14.1 Å². The minimum Gasteiger partial charge on any atom is -0.494 e. The first-order chi connectivity index (χ1) is 14.5. The largest absolute Gasteiger partial charge is 0.494 e. The van der Waals surface area contributed by atoms with Gasteiger partial charge in [0, 0.05) is 46.5 Å². The molecule has 0 bridgehead atoms. The van der Waals surface area contributed by atoms with Gasteiger partial charge in [-0.1, -0.05) is 0 Å². The summed E-state index contributed by atoms with van der Waals surface area (Å²) in [6.45, 7) is 1.90. The summed E-state index contributed by atoms with van der Waals surface area (Å²) in [5.74, 6) is 0.552. The van der Waals surface area contributed by atoms with E-state index in [-0.39, 0.29) is 31.1 Å². The monoisotopic (exact) mass is 472 g/mol. The molecule has 170 valence electrons. The van der Waals surface area contributed by atoms with Gasteiger partial charge in [0.25, 0.3) is 5.56 Å². The SMILES string of the molecule is CCOc1ccc(S(=O)(=O)N2CCN(S(=O)(=O)c3cn(C)c(=O)n(C)c3=O)CC2)cc1. The van der Waals surface area contributed by atoms with Gasteiger partial charge in [-0.15, -0.1) is 0 Å². The van der Waals surface area contributed by atoms with Crippen molar-refractivity contribution in [1.82, 2.24) is 17.7 Å². The first-order valence-electron chi connectivity index (χ1n) is 9.50. The second-order valence-corrected chi connectivity index (χ2v) is 10.8. The summed E-state index contributed by atoms with van der Waals surface area (Å²) in [6.07, 6.45) is 0.989. The Hall–Kier alpha value is -2.48. The van der Waals surface area contributed by atoms with Crippen LogP contribution in [0, 0.1) is 0 Å². The second kappa shape index (κ2) is 8.57. The van der Waals surface area contributed by atoms with E-state index < -0.39 is 36.2 Å². The third-order valence-electron chi connectivity index (χ3n) is 5.00. The minimum atomic E-state index is -4.20. The highest BCUT2D eigenvalue weighted by atomic mass is 32.2. The number of hydrogen-bond acceptors (Lipinski definition) is 7. The van der Waals surface area contributed by atoms with Gasteiger partial charge in [-0.3, -0.25) is 9.36 Å². The summed E-state index contributed by atoms with van der Waals surface area (Å²) >= 11 is 0. The number of nitrogens with zero attached hydrogens (tertiary/aromatic N) is 4. The van der Waals surface area contributed by atoms with E-state index in [1.54, 1.807) is 12.1 Å². The normalized spacial score (nSPS) is 16.4. The molecule has 1 aromatic carbocycles. The highest BCUT2D eigenvalue weighted by molar-refractivity contribution is 7.89. The molecular weight excluding hydrogens is 448 g/mol. The predicted molar refractivity (Wildman–Crippen MR) is 112 cm³/mol. The van der Waals surface area contributed by atoms with Crippen LogP contribution in [0.4, 0.5) is 0 Å². The third kappa shape index (κ3) is 4.31. The van der Waals surface area contributed by atoms with E-state index in [0.717, 1.165) is 19.6 Å². The molecular formula is C18H24N4O7S2. The zero-order chi connectivity index (χ0) is 23.0. The van der Waals surface area contributed by atoms with E-state index in [4.69, 9.17) is 4.74 Å². The van der Waals surface area contributed by atoms with Crippen LogP contribution in [0.25, 0.3) is 0 Å². The van der Waals surface area contributed by atoms with Crippen LogP contribution >= 0.6 is 0 Å². The van der Waals surface area contributed by atoms with Crippen LogP contribution in [-0.4, -0.2) is 67.4 Å². The molecule has 0 unspecified atom stereocenters. The van der Waals surface area contributed by atoms with Gasteiger partial charge in [0.05, 0.1) is 11.5 Å². The van der Waals surface area contributed by atoms with E-state index in [1.165, 1.54) is 30.5 Å². The third-order valence-corrected chi connectivity index (χ3v) is 8.80. The summed E-state index contributed by atoms with van der Waals surface area (Å²) < 4.78 is 61.0. The van der Waals surface area contributed by atoms with Gasteiger partial charge in [-0.25, -0.2) is 21.6 Å². The molecule has 2 aromatic rings. The number of ether oxygens (including phenoxy) is 1. The summed E-state index contributed by atoms with van der Waals surface area (Å²) in [7, 11) is -5.46. The molecule has 2 heterocycles. The van der Waals surface area contributed by atoms with Crippen LogP contribution in [0.2, 0.25) is 0 Å². The van der Waals surface area contributed by atoms with Crippen LogP contribution in [-0.2, 0) is 34.1 Å². The fourth-order valence-electron chi connectivity index (χ4n) is 3.27. The lowest BCUT2D eigenvalue weighted by Crippen LogP contribution is -2.51. The fourth-order valence-corrected chi connectivity index (χ4v) is 6.26. The van der Waals surface area contributed by atoms with E-state index in [1.807, 2.05) is 6.92 Å². The van der Waals surface area contributed by atoms with Crippen LogP contribution in [0.5, 0.6) is 5.75 Å². The van der Waals surface area contributed by atoms with Gasteiger partial charge in [0.2, 0.25) is 20.0 Å². The van der Waals surface area contributed by atoms with E-state index in [2.05, 4.69) is 0 Å². The van der Waals surface area contributed by atoms with Crippen molar-refractivity contribution in [2.75, 3.05) is 32.8 Å². The molecule has 0 N–H and O–H groups in total. The lowest BCUT2D eigenvalue weighted by molar-refractivity contribution is 0.272. The highest BCUT2D eigenvalue weighted by Gasteiger charge is 2.35. The molecule has 31 heavy (non-hydrogen) atoms. The average molecular weight is 473 g/mol. The van der Waals surface area contributed by atoms with E-state index >= 15 is 0 Å². The quantitative estimate of drug-likeness (QED) is 0.537. The lowest BCUT2D eigenvalue weighted by Gasteiger charge is -2.33. The van der Waals surface area contributed by atoms with Crippen LogP contribution < -0.4 is 16.0 Å². The number of rotatable bonds is 6. The summed E-state index contributed by atoms with van der Waals surface area (Å²) in [5, 5.41) is 0. The number of piperazine rings is 1. The minimum absolute atomic E-state index is 0.0686. The molecule has 11 nitrogen and oxygen atoms in total. The molecule has 0 atom stereocenters. The van der Waals surface area contributed by atoms with Gasteiger partial charge < -0.3 is 9.30 Å². The van der Waals surface area contributed by atoms with Crippen molar-refractivity contribution >= 4 is 20.0 Å². The molecule has 1 aliphatic heterocycles. The topological polar surface area (TPSA) is 128 Å². The number of aryl methyl sites for hydroxylation is 1. The Kier molecular flexibility index (Phi) is 6.41. The smallest absolute Gasteiger partial charge is 0.330 e. The molecule has 0 spiro atoms. The molecule has 0 radical (unpaired) electrons. The molecule has 3 rings (SSSR count). The van der Waals surface area contributed by atoms with E-state index in [9.17, 15) is 26.4 Å². The molecule has 1 aliphatic rings. The maximum absolute atomic E-state index is 13.0. The van der Waals surface area contributed by atoms with Gasteiger partial charge in [-0.05, 0) is 31.2 Å². The Bertz CT molecular complexity index is 1290. The van der Waals surface area contributed by atoms with Crippen molar-refractivity contribution in [1.29, 1.82) is 0 Å². The zero-order valence-electron chi connectivity index (χ0n) is 17.4. The zero-order valence-corrected chi connectivity index (χ0v) is 19.0. The summed E-state index contributed by atoms with van der Waals surface area (Å²) in [4.78, 5) is 23.7. The van der Waals surface area contributed by atoms with Crippen molar-refractivity contribution in [3.63, 3.8) is 0 Å². The number of benzene rings is 1. The number of aromatic nitrogens is 2. The van der Waals surface area contributed by atoms with E-state index in [0.29, 0.717) is 12.4 Å². The average Bonchev–Trinajstić information content (AvgIpc) is 2.75. The van der Waals surface area contributed by atoms with Gasteiger partial charge in [-0.2, -0.15) is 8.61 Å². The molecule has 0 amide bonds. The Morgan fingerprint density at radius 3 is 1.90 bits per heavy atom. The Morgan fingerprint density at radius 2 is 1.39 bits per heavy atom. The maximum atomic E-state index is 13.0. The van der Waals surface area contributed by atoms with Crippen LogP contribution in [0.3, 0.4) is 0 Å². The molecule has 1 aromatic heterocycles. The first-order valence-corrected chi connectivity index (χ1v) is 12.4. The lowest BCUT2D eigenvalue weighted by atomic mass is 10.3. The number of hydrogen-bond donors (Lipinski definition) is 0.